The largest absolute Gasteiger partial charge is 0.505 e. The smallest absolute Gasteiger partial charge is 0.333 e. The van der Waals surface area contributed by atoms with E-state index in [1.165, 1.54) is 42.1 Å². The van der Waals surface area contributed by atoms with Crippen LogP contribution in [-0.4, -0.2) is 112 Å². The highest BCUT2D eigenvalue weighted by Gasteiger charge is 2.40. The fraction of sp³-hybridized carbons (Fsp3) is 0.351. The molecule has 0 saturated carbocycles. The van der Waals surface area contributed by atoms with Crippen LogP contribution in [0.4, 0.5) is 0 Å². The molecule has 53 heavy (non-hydrogen) atoms. The van der Waals surface area contributed by atoms with Crippen molar-refractivity contribution in [2.75, 3.05) is 26.7 Å². The highest BCUT2D eigenvalue weighted by Crippen LogP contribution is 2.22. The minimum Gasteiger partial charge on any atom is -0.505 e. The summed E-state index contributed by atoms with van der Waals surface area (Å²) in [5.74, 6) is -5.86. The average Bonchev–Trinajstić information content (AvgIpc) is 3.66. The van der Waals surface area contributed by atoms with Crippen molar-refractivity contribution in [1.29, 1.82) is 0 Å². The molecule has 3 heterocycles. The lowest BCUT2D eigenvalue weighted by Gasteiger charge is -2.33. The van der Waals surface area contributed by atoms with Gasteiger partial charge in [-0.05, 0) is 43.0 Å². The van der Waals surface area contributed by atoms with Gasteiger partial charge in [-0.1, -0.05) is 60.7 Å². The molecule has 0 spiro atoms. The molecule has 278 valence electrons. The molecule has 0 bridgehead atoms. The van der Waals surface area contributed by atoms with E-state index < -0.39 is 96.2 Å². The number of amides is 6. The summed E-state index contributed by atoms with van der Waals surface area (Å²) < 4.78 is 5.66. The minimum absolute atomic E-state index is 0.105. The second-order valence-electron chi connectivity index (χ2n) is 12.7. The van der Waals surface area contributed by atoms with Gasteiger partial charge in [-0.3, -0.25) is 28.8 Å². The maximum absolute atomic E-state index is 14.0. The third-order valence-corrected chi connectivity index (χ3v) is 9.10. The summed E-state index contributed by atoms with van der Waals surface area (Å²) in [6.45, 7) is 0.390. The van der Waals surface area contributed by atoms with E-state index in [2.05, 4.69) is 26.3 Å². The number of benzene rings is 2. The summed E-state index contributed by atoms with van der Waals surface area (Å²) in [7, 11) is 1.45. The van der Waals surface area contributed by atoms with Crippen LogP contribution in [-0.2, 0) is 39.9 Å². The van der Waals surface area contributed by atoms with Crippen molar-refractivity contribution >= 4 is 41.4 Å². The van der Waals surface area contributed by atoms with Crippen molar-refractivity contribution in [3.63, 3.8) is 0 Å². The van der Waals surface area contributed by atoms with E-state index in [4.69, 9.17) is 4.74 Å². The Bertz CT molecular complexity index is 1840. The first kappa shape index (κ1) is 37.9. The molecule has 2 saturated heterocycles. The lowest BCUT2D eigenvalue weighted by Crippen LogP contribution is -2.57. The number of carbonyl (C=O) groups excluding carboxylic acids is 7. The number of cyclic esters (lactones) is 1. The molecule has 16 nitrogen and oxygen atoms in total. The van der Waals surface area contributed by atoms with Crippen LogP contribution in [0.1, 0.15) is 47.4 Å². The van der Waals surface area contributed by atoms with E-state index >= 15 is 0 Å². The van der Waals surface area contributed by atoms with Crippen LogP contribution in [0, 0.1) is 0 Å². The Morgan fingerprint density at radius 3 is 2.30 bits per heavy atom. The standard InChI is InChI=1S/C37H41N7O9/c1-22-30(42-35(50)32-27(45)16-9-17-38-32)34(49)40-21-29(47)44-18-10-15-25(44)36(51)43(2)26(19-23-11-5-3-6-12-23)33(48)39-20-28(46)41-31(37(52)53-22)24-13-7-4-8-14-24/h3-9,11-14,16-17,22,25-26,30-31,45H,10,15,18-21H2,1-2H3,(H,39,48)(H,40,49)(H,41,46)(H,42,50)/t22-,25-,26-,30-,31?/m0/s1. The van der Waals surface area contributed by atoms with E-state index in [0.29, 0.717) is 18.4 Å². The molecule has 0 aliphatic carbocycles. The predicted molar refractivity (Wildman–Crippen MR) is 187 cm³/mol. The predicted octanol–water partition coefficient (Wildman–Crippen LogP) is -0.0185. The molecule has 1 unspecified atom stereocenters. The molecule has 2 fully saturated rings. The van der Waals surface area contributed by atoms with Crippen molar-refractivity contribution in [1.82, 2.24) is 36.1 Å². The average molecular weight is 728 g/mol. The zero-order chi connectivity index (χ0) is 38.1. The van der Waals surface area contributed by atoms with Crippen LogP contribution in [0.25, 0.3) is 0 Å². The molecule has 3 aromatic rings. The normalized spacial score (nSPS) is 23.7. The van der Waals surface area contributed by atoms with Gasteiger partial charge in [0.15, 0.2) is 11.7 Å². The summed E-state index contributed by atoms with van der Waals surface area (Å²) in [6, 6.07) is 14.7. The topological polar surface area (TPSA) is 216 Å². The maximum atomic E-state index is 14.0. The number of fused-ring (bicyclic) bond motifs is 1. The van der Waals surface area contributed by atoms with Crippen molar-refractivity contribution in [3.8, 4) is 5.75 Å². The number of esters is 1. The molecule has 16 heteroatoms. The molecule has 5 rings (SSSR count). The number of ether oxygens (including phenoxy) is 1. The van der Waals surface area contributed by atoms with Gasteiger partial charge in [-0.15, -0.1) is 0 Å². The summed E-state index contributed by atoms with van der Waals surface area (Å²) in [5.41, 5.74) is 0.658. The minimum atomic E-state index is -1.62. The van der Waals surface area contributed by atoms with Gasteiger partial charge in [-0.2, -0.15) is 0 Å². The third-order valence-electron chi connectivity index (χ3n) is 9.10. The molecule has 5 N–H and O–H groups in total. The van der Waals surface area contributed by atoms with Gasteiger partial charge >= 0.3 is 5.97 Å². The van der Waals surface area contributed by atoms with E-state index in [0.717, 1.165) is 5.56 Å². The molecule has 1 aromatic heterocycles. The second kappa shape index (κ2) is 17.3. The number of pyridine rings is 1. The molecule has 0 radical (unpaired) electrons. The lowest BCUT2D eigenvalue weighted by atomic mass is 10.0. The SMILES string of the molecule is C[C@@H]1OC(=O)C(c2ccccc2)NC(=O)CNC(=O)[C@H](Cc2ccccc2)N(C)C(=O)[C@@H]2CCCN2C(=O)CNC(=O)[C@H]1NC(=O)c1ncccc1O. The van der Waals surface area contributed by atoms with E-state index in [1.54, 1.807) is 54.6 Å². The number of nitrogens with zero attached hydrogens (tertiary/aromatic N) is 3. The number of hydrogen-bond donors (Lipinski definition) is 5. The van der Waals surface area contributed by atoms with Crippen LogP contribution >= 0.6 is 0 Å². The van der Waals surface area contributed by atoms with Crippen molar-refractivity contribution < 1.29 is 43.4 Å². The Hall–Kier alpha value is -6.32. The Morgan fingerprint density at radius 2 is 1.60 bits per heavy atom. The van der Waals surface area contributed by atoms with E-state index in [-0.39, 0.29) is 13.0 Å². The van der Waals surface area contributed by atoms with Crippen LogP contribution in [0.15, 0.2) is 79.0 Å². The number of nitrogens with one attached hydrogen (secondary N) is 4. The van der Waals surface area contributed by atoms with Crippen LogP contribution in [0.2, 0.25) is 0 Å². The second-order valence-corrected chi connectivity index (χ2v) is 12.7. The monoisotopic (exact) mass is 727 g/mol. The summed E-state index contributed by atoms with van der Waals surface area (Å²) >= 11 is 0. The van der Waals surface area contributed by atoms with Crippen LogP contribution < -0.4 is 21.3 Å². The highest BCUT2D eigenvalue weighted by atomic mass is 16.5. The van der Waals surface area contributed by atoms with Crippen molar-refractivity contribution in [3.05, 3.63) is 95.8 Å². The summed E-state index contributed by atoms with van der Waals surface area (Å²) in [4.78, 5) is 102. The van der Waals surface area contributed by atoms with Gasteiger partial charge in [0, 0.05) is 26.2 Å². The van der Waals surface area contributed by atoms with E-state index in [9.17, 15) is 38.7 Å². The number of carbonyl (C=O) groups is 7. The van der Waals surface area contributed by atoms with Gasteiger partial charge in [0.1, 0.15) is 30.0 Å². The van der Waals surface area contributed by atoms with Crippen molar-refractivity contribution in [2.24, 2.45) is 0 Å². The number of rotatable bonds is 5. The first-order valence-corrected chi connectivity index (χ1v) is 17.1. The Labute approximate surface area is 305 Å². The van der Waals surface area contributed by atoms with Gasteiger partial charge in [0.2, 0.25) is 29.5 Å². The van der Waals surface area contributed by atoms with Gasteiger partial charge < -0.3 is 40.9 Å². The Balaban J connectivity index is 1.48. The number of aromatic hydroxyl groups is 1. The maximum Gasteiger partial charge on any atom is 0.333 e. The molecular weight excluding hydrogens is 686 g/mol. The first-order valence-electron chi connectivity index (χ1n) is 17.1. The van der Waals surface area contributed by atoms with Gasteiger partial charge in [-0.25, -0.2) is 9.78 Å². The van der Waals surface area contributed by atoms with Crippen LogP contribution in [0.5, 0.6) is 5.75 Å². The fourth-order valence-corrected chi connectivity index (χ4v) is 6.25. The third kappa shape index (κ3) is 9.32. The molecule has 6 amide bonds. The molecule has 2 aliphatic heterocycles. The fourth-order valence-electron chi connectivity index (χ4n) is 6.25. The summed E-state index contributed by atoms with van der Waals surface area (Å²) in [6.07, 6.45) is 0.763. The number of hydrogen-bond acceptors (Lipinski definition) is 10. The van der Waals surface area contributed by atoms with E-state index in [1.807, 2.05) is 6.07 Å². The Morgan fingerprint density at radius 1 is 0.925 bits per heavy atom. The van der Waals surface area contributed by atoms with Gasteiger partial charge in [0.05, 0.1) is 13.1 Å². The van der Waals surface area contributed by atoms with Crippen LogP contribution in [0.3, 0.4) is 0 Å². The summed E-state index contributed by atoms with van der Waals surface area (Å²) in [5, 5.41) is 20.2. The van der Waals surface area contributed by atoms with Crippen molar-refractivity contribution in [2.45, 2.75) is 56.5 Å². The highest BCUT2D eigenvalue weighted by molar-refractivity contribution is 5.99. The zero-order valence-corrected chi connectivity index (χ0v) is 29.2. The lowest BCUT2D eigenvalue weighted by molar-refractivity contribution is -0.155. The first-order chi connectivity index (χ1) is 25.4. The number of aromatic nitrogens is 1. The quantitative estimate of drug-likeness (QED) is 0.222. The number of likely N-dealkylation sites (N-methyl/N-ethyl adjacent to an activating group) is 1. The molecule has 5 atom stereocenters. The molecule has 2 aliphatic rings. The molecule has 2 aromatic carbocycles. The zero-order valence-electron chi connectivity index (χ0n) is 29.2. The molecular formula is C37H41N7O9. The Kier molecular flexibility index (Phi) is 12.4. The van der Waals surface area contributed by atoms with Gasteiger partial charge in [0.25, 0.3) is 5.91 Å².